The van der Waals surface area contributed by atoms with Gasteiger partial charge in [0.05, 0.1) is 0 Å². The Hall–Kier alpha value is -2.78. The largest absolute Gasteiger partial charge is 0.489 e. The fraction of sp³-hybridized carbons (Fsp3) is 0.208. The summed E-state index contributed by atoms with van der Waals surface area (Å²) in [4.78, 5) is 12.5. The van der Waals surface area contributed by atoms with E-state index < -0.39 is 0 Å². The van der Waals surface area contributed by atoms with Gasteiger partial charge in [-0.2, -0.15) is 0 Å². The van der Waals surface area contributed by atoms with E-state index in [0.717, 1.165) is 23.4 Å². The zero-order valence-corrected chi connectivity index (χ0v) is 16.9. The third kappa shape index (κ3) is 5.37. The Morgan fingerprint density at radius 1 is 0.964 bits per heavy atom. The quantitative estimate of drug-likeness (QED) is 0.485. The normalized spacial score (nSPS) is 11.7. The summed E-state index contributed by atoms with van der Waals surface area (Å²) in [5, 5.41) is 3.62. The Morgan fingerprint density at radius 2 is 1.61 bits per heavy atom. The van der Waals surface area contributed by atoms with Crippen LogP contribution in [0.1, 0.15) is 47.7 Å². The average molecular weight is 394 g/mol. The van der Waals surface area contributed by atoms with Crippen LogP contribution in [0.15, 0.2) is 72.8 Å². The minimum Gasteiger partial charge on any atom is -0.489 e. The molecule has 0 spiro atoms. The molecule has 0 saturated carbocycles. The zero-order chi connectivity index (χ0) is 19.9. The third-order valence-corrected chi connectivity index (χ3v) is 5.04. The van der Waals surface area contributed by atoms with Gasteiger partial charge < -0.3 is 10.1 Å². The van der Waals surface area contributed by atoms with Gasteiger partial charge in [-0.1, -0.05) is 49.7 Å². The van der Waals surface area contributed by atoms with Crippen LogP contribution in [0.2, 0.25) is 5.02 Å². The van der Waals surface area contributed by atoms with Gasteiger partial charge in [0.1, 0.15) is 12.4 Å². The van der Waals surface area contributed by atoms with Crippen molar-refractivity contribution in [2.24, 2.45) is 0 Å². The van der Waals surface area contributed by atoms with Crippen molar-refractivity contribution in [1.29, 1.82) is 0 Å². The number of anilines is 1. The van der Waals surface area contributed by atoms with Crippen molar-refractivity contribution in [3.05, 3.63) is 94.5 Å². The molecule has 1 N–H and O–H groups in total. The Balaban J connectivity index is 1.56. The van der Waals surface area contributed by atoms with E-state index in [-0.39, 0.29) is 5.91 Å². The summed E-state index contributed by atoms with van der Waals surface area (Å²) >= 11 is 5.87. The second-order valence-electron chi connectivity index (χ2n) is 6.82. The molecule has 0 aliphatic rings. The highest BCUT2D eigenvalue weighted by Crippen LogP contribution is 2.21. The fourth-order valence-electron chi connectivity index (χ4n) is 2.78. The van der Waals surface area contributed by atoms with Crippen molar-refractivity contribution in [2.75, 3.05) is 5.32 Å². The smallest absolute Gasteiger partial charge is 0.255 e. The number of ether oxygens (including phenoxy) is 1. The lowest BCUT2D eigenvalue weighted by Gasteiger charge is -2.11. The van der Waals surface area contributed by atoms with Gasteiger partial charge in [-0.3, -0.25) is 4.79 Å². The molecule has 0 heterocycles. The molecular weight excluding hydrogens is 370 g/mol. The van der Waals surface area contributed by atoms with E-state index in [9.17, 15) is 4.79 Å². The molecule has 3 rings (SSSR count). The topological polar surface area (TPSA) is 38.3 Å². The van der Waals surface area contributed by atoms with Crippen LogP contribution < -0.4 is 10.1 Å². The zero-order valence-electron chi connectivity index (χ0n) is 16.1. The molecule has 0 radical (unpaired) electrons. The van der Waals surface area contributed by atoms with Crippen molar-refractivity contribution in [2.45, 2.75) is 32.8 Å². The van der Waals surface area contributed by atoms with Crippen LogP contribution in [0.3, 0.4) is 0 Å². The number of amides is 1. The predicted molar refractivity (Wildman–Crippen MR) is 115 cm³/mol. The lowest BCUT2D eigenvalue weighted by Crippen LogP contribution is -2.12. The fourth-order valence-corrected chi connectivity index (χ4v) is 2.91. The van der Waals surface area contributed by atoms with Gasteiger partial charge in [0.25, 0.3) is 5.91 Å². The Kier molecular flexibility index (Phi) is 6.72. The minimum absolute atomic E-state index is 0.124. The summed E-state index contributed by atoms with van der Waals surface area (Å²) in [5.41, 5.74) is 3.68. The molecule has 1 atom stereocenters. The molecule has 3 nitrogen and oxygen atoms in total. The van der Waals surface area contributed by atoms with Crippen LogP contribution in [0, 0.1) is 0 Å². The van der Waals surface area contributed by atoms with Crippen LogP contribution >= 0.6 is 11.6 Å². The van der Waals surface area contributed by atoms with Crippen LogP contribution in [-0.2, 0) is 6.61 Å². The van der Waals surface area contributed by atoms with Crippen molar-refractivity contribution in [1.82, 2.24) is 0 Å². The summed E-state index contributed by atoms with van der Waals surface area (Å²) in [6.07, 6.45) is 1.10. The number of nitrogens with one attached hydrogen (secondary N) is 1. The standard InChI is InChI=1S/C24H24ClNO2/c1-3-17(2)19-8-12-22(13-9-19)26-24(27)20-6-4-18(5-7-20)16-28-23-14-10-21(25)11-15-23/h4-15,17H,3,16H2,1-2H3,(H,26,27). The molecule has 0 aliphatic carbocycles. The SMILES string of the molecule is CCC(C)c1ccc(NC(=O)c2ccc(COc3ccc(Cl)cc3)cc2)cc1. The number of carbonyl (C=O) groups excluding carboxylic acids is 1. The monoisotopic (exact) mass is 393 g/mol. The molecule has 0 saturated heterocycles. The molecule has 1 amide bonds. The summed E-state index contributed by atoms with van der Waals surface area (Å²) in [6, 6.07) is 22.7. The maximum Gasteiger partial charge on any atom is 0.255 e. The van der Waals surface area contributed by atoms with Crippen LogP contribution in [0.25, 0.3) is 0 Å². The molecule has 0 fully saturated rings. The van der Waals surface area contributed by atoms with E-state index in [2.05, 4.69) is 31.3 Å². The van der Waals surface area contributed by atoms with Crippen LogP contribution in [-0.4, -0.2) is 5.91 Å². The molecule has 28 heavy (non-hydrogen) atoms. The predicted octanol–water partition coefficient (Wildman–Crippen LogP) is 6.68. The van der Waals surface area contributed by atoms with Crippen molar-refractivity contribution in [3.63, 3.8) is 0 Å². The van der Waals surface area contributed by atoms with E-state index in [4.69, 9.17) is 16.3 Å². The number of benzene rings is 3. The summed E-state index contributed by atoms with van der Waals surface area (Å²) in [6.45, 7) is 4.80. The van der Waals surface area contributed by atoms with Gasteiger partial charge in [-0.05, 0) is 72.0 Å². The lowest BCUT2D eigenvalue weighted by molar-refractivity contribution is 0.102. The van der Waals surface area contributed by atoms with Gasteiger partial charge >= 0.3 is 0 Å². The number of halogens is 1. The second kappa shape index (κ2) is 9.43. The number of hydrogen-bond donors (Lipinski definition) is 1. The van der Waals surface area contributed by atoms with Gasteiger partial charge in [-0.25, -0.2) is 0 Å². The molecular formula is C24H24ClNO2. The first-order valence-corrected chi connectivity index (χ1v) is 9.81. The summed E-state index contributed by atoms with van der Waals surface area (Å²) < 4.78 is 5.72. The molecule has 1 unspecified atom stereocenters. The van der Waals surface area contributed by atoms with Gasteiger partial charge in [0, 0.05) is 16.3 Å². The van der Waals surface area contributed by atoms with Gasteiger partial charge in [-0.15, -0.1) is 0 Å². The van der Waals surface area contributed by atoms with E-state index in [1.54, 1.807) is 12.1 Å². The number of rotatable bonds is 7. The van der Waals surface area contributed by atoms with Crippen molar-refractivity contribution < 1.29 is 9.53 Å². The van der Waals surface area contributed by atoms with E-state index in [0.29, 0.717) is 23.1 Å². The first kappa shape index (κ1) is 20.0. The highest BCUT2D eigenvalue weighted by molar-refractivity contribution is 6.30. The molecule has 3 aromatic carbocycles. The second-order valence-corrected chi connectivity index (χ2v) is 7.26. The first-order valence-electron chi connectivity index (χ1n) is 9.43. The average Bonchev–Trinajstić information content (AvgIpc) is 2.73. The summed E-state index contributed by atoms with van der Waals surface area (Å²) in [5.74, 6) is 1.15. The molecule has 3 aromatic rings. The van der Waals surface area contributed by atoms with E-state index >= 15 is 0 Å². The van der Waals surface area contributed by atoms with E-state index in [1.165, 1.54) is 5.56 Å². The summed E-state index contributed by atoms with van der Waals surface area (Å²) in [7, 11) is 0. The highest BCUT2D eigenvalue weighted by Gasteiger charge is 2.08. The number of carbonyl (C=O) groups is 1. The molecule has 144 valence electrons. The van der Waals surface area contributed by atoms with Gasteiger partial charge in [0.15, 0.2) is 0 Å². The first-order chi connectivity index (χ1) is 13.5. The Bertz CT molecular complexity index is 903. The van der Waals surface area contributed by atoms with Crippen molar-refractivity contribution >= 4 is 23.2 Å². The molecule has 0 bridgehead atoms. The van der Waals surface area contributed by atoms with Crippen molar-refractivity contribution in [3.8, 4) is 5.75 Å². The van der Waals surface area contributed by atoms with E-state index in [1.807, 2.05) is 48.5 Å². The maximum atomic E-state index is 12.5. The van der Waals surface area contributed by atoms with Crippen LogP contribution in [0.5, 0.6) is 5.75 Å². The van der Waals surface area contributed by atoms with Crippen LogP contribution in [0.4, 0.5) is 5.69 Å². The molecule has 0 aromatic heterocycles. The maximum absolute atomic E-state index is 12.5. The molecule has 4 heteroatoms. The Labute approximate surface area is 171 Å². The lowest BCUT2D eigenvalue weighted by atomic mass is 9.98. The third-order valence-electron chi connectivity index (χ3n) is 4.79. The van der Waals surface area contributed by atoms with Gasteiger partial charge in [0.2, 0.25) is 0 Å². The highest BCUT2D eigenvalue weighted by atomic mass is 35.5. The molecule has 0 aliphatic heterocycles. The minimum atomic E-state index is -0.124. The Morgan fingerprint density at radius 3 is 2.21 bits per heavy atom. The number of hydrogen-bond acceptors (Lipinski definition) is 2.